The Morgan fingerprint density at radius 2 is 1.03 bits per heavy atom. The van der Waals surface area contributed by atoms with Crippen molar-refractivity contribution in [1.82, 2.24) is 4.90 Å². The molecular weight excluding hydrogens is 787 g/mol. The van der Waals surface area contributed by atoms with Gasteiger partial charge < -0.3 is 14.2 Å². The second-order valence-electron chi connectivity index (χ2n) is 16.3. The monoisotopic (exact) mass is 843 g/mol. The summed E-state index contributed by atoms with van der Waals surface area (Å²) in [6, 6.07) is 37.2. The molecule has 2 heterocycles. The van der Waals surface area contributed by atoms with E-state index in [1.165, 1.54) is 4.90 Å². The summed E-state index contributed by atoms with van der Waals surface area (Å²) in [5.74, 6) is -0.259. The van der Waals surface area contributed by atoms with Gasteiger partial charge in [0.25, 0.3) is 0 Å². The molecule has 0 saturated carbocycles. The van der Waals surface area contributed by atoms with Gasteiger partial charge in [0.15, 0.2) is 24.1 Å². The van der Waals surface area contributed by atoms with E-state index in [0.29, 0.717) is 0 Å². The maximum atomic E-state index is 14.1. The number of carbonyl (C=O) groups is 2. The molecule has 2 aliphatic rings. The largest absolute Gasteiger partial charge is 0.444 e. The molecule has 0 aliphatic carbocycles. The molecule has 0 N–H and O–H groups in total. The minimum absolute atomic E-state index is 0.000335. The van der Waals surface area contributed by atoms with Crippen molar-refractivity contribution in [3.05, 3.63) is 144 Å². The maximum absolute atomic E-state index is 14.1. The molecule has 4 aromatic carbocycles. The summed E-state index contributed by atoms with van der Waals surface area (Å²) < 4.78 is 18.4. The zero-order valence-corrected chi connectivity index (χ0v) is 35.4. The van der Waals surface area contributed by atoms with E-state index in [1.807, 2.05) is 121 Å². The number of ketones is 1. The van der Waals surface area contributed by atoms with E-state index in [1.54, 1.807) is 34.6 Å². The number of ether oxygens (including phenoxy) is 3. The fraction of sp³-hybridized carbons (Fsp3) is 0.447. The molecular formula is C47H57NO13. The molecule has 14 nitrogen and oxygen atoms in total. The van der Waals surface area contributed by atoms with Crippen molar-refractivity contribution < 1.29 is 62.9 Å². The van der Waals surface area contributed by atoms with Gasteiger partial charge in [-0.25, -0.2) is 43.9 Å². The van der Waals surface area contributed by atoms with Crippen LogP contribution in [-0.4, -0.2) is 77.9 Å². The highest BCUT2D eigenvalue weighted by Crippen LogP contribution is 2.34. The van der Waals surface area contributed by atoms with Gasteiger partial charge in [0, 0.05) is 6.42 Å². The summed E-state index contributed by atoms with van der Waals surface area (Å²) in [5.41, 5.74) is 1.62. The van der Waals surface area contributed by atoms with Gasteiger partial charge in [-0.15, -0.1) is 0 Å². The number of hydrogen-bond donors (Lipinski definition) is 0. The fourth-order valence-corrected chi connectivity index (χ4v) is 6.91. The van der Waals surface area contributed by atoms with Crippen LogP contribution in [0.4, 0.5) is 4.79 Å². The lowest BCUT2D eigenvalue weighted by Crippen LogP contribution is -2.61. The molecule has 328 valence electrons. The number of Topliss-reactive ketones (excluding diaryl/α,β-unsaturated/α-hetero) is 1. The second-order valence-corrected chi connectivity index (χ2v) is 16.3. The molecule has 0 bridgehead atoms. The Balaban J connectivity index is 1.26. The third kappa shape index (κ3) is 14.0. The van der Waals surface area contributed by atoms with Crippen molar-refractivity contribution in [2.75, 3.05) is 13.2 Å². The van der Waals surface area contributed by atoms with Gasteiger partial charge in [-0.05, 0) is 63.3 Å². The van der Waals surface area contributed by atoms with Gasteiger partial charge >= 0.3 is 6.09 Å². The first-order valence-corrected chi connectivity index (χ1v) is 20.6. The van der Waals surface area contributed by atoms with E-state index < -0.39 is 54.0 Å². The standard InChI is InChI=1S/C47H57NO13/c1-46(2,3)58-45(50)48-38(32-51-47(48,4)5)39(49)26-27-40-42(59-54-29-35-20-12-7-13-21-35)44(61-56-31-37-24-16-9-17-25-37)43(60-55-30-36-22-14-8-15-23-36)41(57-40)33-53-52-28-34-18-10-6-11-19-34/h6-25,38,40-44H,26-33H2,1-5H3/t38-,40+,41-,42+,43-,44-/m1/s1. The maximum Gasteiger partial charge on any atom is 0.413 e. The quantitative estimate of drug-likeness (QED) is 0.0453. The summed E-state index contributed by atoms with van der Waals surface area (Å²) in [6.07, 6.45) is -5.51. The summed E-state index contributed by atoms with van der Waals surface area (Å²) in [4.78, 5) is 76.5. The Morgan fingerprint density at radius 1 is 0.607 bits per heavy atom. The van der Waals surface area contributed by atoms with Crippen molar-refractivity contribution in [3.63, 3.8) is 0 Å². The topological polar surface area (TPSA) is 139 Å². The number of benzene rings is 4. The van der Waals surface area contributed by atoms with Crippen LogP contribution in [0.2, 0.25) is 0 Å². The van der Waals surface area contributed by atoms with Crippen LogP contribution in [0.3, 0.4) is 0 Å². The highest BCUT2D eigenvalue weighted by molar-refractivity contribution is 5.88. The molecule has 0 unspecified atom stereocenters. The van der Waals surface area contributed by atoms with Crippen LogP contribution in [0, 0.1) is 0 Å². The molecule has 2 aliphatic heterocycles. The zero-order valence-electron chi connectivity index (χ0n) is 35.4. The molecule has 1 amide bonds. The highest BCUT2D eigenvalue weighted by Gasteiger charge is 2.52. The summed E-state index contributed by atoms with van der Waals surface area (Å²) in [5, 5.41) is 0. The number of carbonyl (C=O) groups excluding carboxylic acids is 2. The molecule has 14 heteroatoms. The normalized spacial score (nSPS) is 22.5. The Kier molecular flexibility index (Phi) is 16.9. The van der Waals surface area contributed by atoms with Gasteiger partial charge in [0.2, 0.25) is 0 Å². The van der Waals surface area contributed by atoms with Gasteiger partial charge in [-0.2, -0.15) is 0 Å². The Labute approximate surface area is 357 Å². The smallest absolute Gasteiger partial charge is 0.413 e. The molecule has 2 saturated heterocycles. The third-order valence-electron chi connectivity index (χ3n) is 9.98. The van der Waals surface area contributed by atoms with Gasteiger partial charge in [-0.3, -0.25) is 9.69 Å². The summed E-state index contributed by atoms with van der Waals surface area (Å²) in [7, 11) is 0. The van der Waals surface area contributed by atoms with Crippen LogP contribution in [0.15, 0.2) is 121 Å². The molecule has 6 atom stereocenters. The molecule has 0 aromatic heterocycles. The lowest BCUT2D eigenvalue weighted by Gasteiger charge is -2.43. The van der Waals surface area contributed by atoms with Gasteiger partial charge in [0.05, 0.1) is 12.7 Å². The Hall–Kier alpha value is -4.58. The minimum Gasteiger partial charge on any atom is -0.444 e. The first-order chi connectivity index (χ1) is 29.5. The fourth-order valence-electron chi connectivity index (χ4n) is 6.91. The van der Waals surface area contributed by atoms with Crippen LogP contribution < -0.4 is 0 Å². The Morgan fingerprint density at radius 3 is 1.49 bits per heavy atom. The predicted octanol–water partition coefficient (Wildman–Crippen LogP) is 8.17. The molecule has 2 fully saturated rings. The van der Waals surface area contributed by atoms with Crippen molar-refractivity contribution in [1.29, 1.82) is 0 Å². The molecule has 0 spiro atoms. The van der Waals surface area contributed by atoms with Crippen LogP contribution in [0.5, 0.6) is 0 Å². The van der Waals surface area contributed by atoms with Crippen LogP contribution >= 0.6 is 0 Å². The van der Waals surface area contributed by atoms with Crippen molar-refractivity contribution >= 4 is 11.9 Å². The van der Waals surface area contributed by atoms with Crippen molar-refractivity contribution in [2.24, 2.45) is 0 Å². The van der Waals surface area contributed by atoms with E-state index in [9.17, 15) is 9.59 Å². The number of nitrogens with zero attached hydrogens (tertiary/aromatic N) is 1. The average molecular weight is 844 g/mol. The van der Waals surface area contributed by atoms with Crippen LogP contribution in [-0.2, 0) is 84.5 Å². The van der Waals surface area contributed by atoms with Crippen molar-refractivity contribution in [3.8, 4) is 0 Å². The van der Waals surface area contributed by atoms with Gasteiger partial charge in [-0.1, -0.05) is 121 Å². The van der Waals surface area contributed by atoms with E-state index in [2.05, 4.69) is 0 Å². The molecule has 0 radical (unpaired) electrons. The Bertz CT molecular complexity index is 1900. The number of rotatable bonds is 21. The second kappa shape index (κ2) is 22.5. The summed E-state index contributed by atoms with van der Waals surface area (Å²) in [6.45, 7) is 9.09. The first-order valence-electron chi connectivity index (χ1n) is 20.6. The average Bonchev–Trinajstić information content (AvgIpc) is 3.58. The van der Waals surface area contributed by atoms with E-state index >= 15 is 0 Å². The van der Waals surface area contributed by atoms with Crippen LogP contribution in [0.25, 0.3) is 0 Å². The highest BCUT2D eigenvalue weighted by atomic mass is 17.2. The van der Waals surface area contributed by atoms with Crippen LogP contribution in [0.1, 0.15) is 69.7 Å². The lowest BCUT2D eigenvalue weighted by atomic mass is 9.91. The van der Waals surface area contributed by atoms with E-state index in [-0.39, 0.29) is 58.3 Å². The van der Waals surface area contributed by atoms with Crippen molar-refractivity contribution in [2.45, 2.75) is 122 Å². The summed E-state index contributed by atoms with van der Waals surface area (Å²) >= 11 is 0. The van der Waals surface area contributed by atoms with Gasteiger partial charge in [0.1, 0.15) is 56.5 Å². The number of hydrogen-bond acceptors (Lipinski definition) is 13. The molecule has 61 heavy (non-hydrogen) atoms. The SMILES string of the molecule is CC(C)(C)OC(=O)N1[C@@H](C(=O)CC[C@@H]2O[C@H](COOCc3ccccc3)[C@@H](OOCc3ccccc3)[C@H](OOCc3ccccc3)[C@H]2OOCc2ccccc2)COC1(C)C. The minimum atomic E-state index is -1.08. The lowest BCUT2D eigenvalue weighted by molar-refractivity contribution is -0.471. The number of amides is 1. The molecule has 4 aromatic rings. The first kappa shape index (κ1) is 45.9. The zero-order chi connectivity index (χ0) is 43.1. The molecule has 6 rings (SSSR count). The van der Waals surface area contributed by atoms with E-state index in [0.717, 1.165) is 22.3 Å². The van der Waals surface area contributed by atoms with E-state index in [4.69, 9.17) is 53.3 Å². The predicted molar refractivity (Wildman–Crippen MR) is 220 cm³/mol. The third-order valence-corrected chi connectivity index (χ3v) is 9.98.